The zero-order valence-electron chi connectivity index (χ0n) is 12.8. The van der Waals surface area contributed by atoms with Gasteiger partial charge >= 0.3 is 0 Å². The minimum atomic E-state index is -0.609. The summed E-state index contributed by atoms with van der Waals surface area (Å²) in [7, 11) is 0. The van der Waals surface area contributed by atoms with E-state index < -0.39 is 5.72 Å². The smallest absolute Gasteiger partial charge is 0.272 e. The molecule has 1 aromatic heterocycles. The lowest BCUT2D eigenvalue weighted by Gasteiger charge is -2.34. The van der Waals surface area contributed by atoms with Crippen LogP contribution in [0.1, 0.15) is 37.2 Å². The van der Waals surface area contributed by atoms with Gasteiger partial charge in [-0.3, -0.25) is 14.7 Å². The first-order valence-corrected chi connectivity index (χ1v) is 7.81. The quantitative estimate of drug-likeness (QED) is 0.868. The molecule has 3 aliphatic heterocycles. The highest BCUT2D eigenvalue weighted by Gasteiger charge is 2.65. The lowest BCUT2D eigenvalue weighted by Crippen LogP contribution is -2.51. The van der Waals surface area contributed by atoms with Gasteiger partial charge in [0.2, 0.25) is 5.91 Å². The summed E-state index contributed by atoms with van der Waals surface area (Å²) in [6.45, 7) is 5.38. The predicted molar refractivity (Wildman–Crippen MR) is 76.8 cm³/mol. The minimum Gasteiger partial charge on any atom is -0.351 e. The SMILES string of the molecule is CC(C)[C@@H]1CO[C@@]23CCN(C(=O)c4ccn[nH]4)[C@@H]2CC(=O)N13. The molecular weight excluding hydrogens is 284 g/mol. The van der Waals surface area contributed by atoms with E-state index in [0.717, 1.165) is 0 Å². The summed E-state index contributed by atoms with van der Waals surface area (Å²) < 4.78 is 6.12. The monoisotopic (exact) mass is 304 g/mol. The van der Waals surface area contributed by atoms with E-state index in [9.17, 15) is 9.59 Å². The fraction of sp³-hybridized carbons (Fsp3) is 0.667. The molecular formula is C15H20N4O3. The fourth-order valence-electron chi connectivity index (χ4n) is 4.14. The van der Waals surface area contributed by atoms with Crippen LogP contribution >= 0.6 is 0 Å². The molecule has 0 saturated carbocycles. The lowest BCUT2D eigenvalue weighted by molar-refractivity contribution is -0.139. The van der Waals surface area contributed by atoms with Gasteiger partial charge in [-0.2, -0.15) is 5.10 Å². The van der Waals surface area contributed by atoms with Gasteiger partial charge in [-0.25, -0.2) is 0 Å². The van der Waals surface area contributed by atoms with Gasteiger partial charge in [-0.1, -0.05) is 13.8 Å². The molecule has 7 nitrogen and oxygen atoms in total. The van der Waals surface area contributed by atoms with E-state index in [4.69, 9.17) is 4.74 Å². The third-order valence-electron chi connectivity index (χ3n) is 5.25. The van der Waals surface area contributed by atoms with E-state index in [1.54, 1.807) is 17.2 Å². The molecule has 0 aliphatic carbocycles. The number of likely N-dealkylation sites (tertiary alicyclic amines) is 1. The van der Waals surface area contributed by atoms with Crippen LogP contribution in [-0.2, 0) is 9.53 Å². The normalized spacial score (nSPS) is 33.7. The molecule has 4 rings (SSSR count). The molecule has 0 unspecified atom stereocenters. The third-order valence-corrected chi connectivity index (χ3v) is 5.25. The number of ether oxygens (including phenoxy) is 1. The second-order valence-corrected chi connectivity index (χ2v) is 6.67. The van der Waals surface area contributed by atoms with Crippen LogP contribution in [0.2, 0.25) is 0 Å². The van der Waals surface area contributed by atoms with Crippen molar-refractivity contribution in [2.75, 3.05) is 13.2 Å². The second-order valence-electron chi connectivity index (χ2n) is 6.67. The number of aromatic amines is 1. The summed E-state index contributed by atoms with van der Waals surface area (Å²) in [6, 6.07) is 1.58. The number of carbonyl (C=O) groups is 2. The summed E-state index contributed by atoms with van der Waals surface area (Å²) in [6.07, 6.45) is 2.60. The standard InChI is InChI=1S/C15H20N4O3/c1-9(2)11-8-22-15-4-6-18(12(15)7-13(20)19(11)15)14(21)10-3-5-16-17-10/h3,5,9,11-12H,4,6-8H2,1-2H3,(H,16,17)/t11-,12+,15-/m0/s1. The van der Waals surface area contributed by atoms with E-state index in [0.29, 0.717) is 37.6 Å². The average molecular weight is 304 g/mol. The van der Waals surface area contributed by atoms with E-state index in [2.05, 4.69) is 24.0 Å². The molecule has 118 valence electrons. The molecule has 0 bridgehead atoms. The first kappa shape index (κ1) is 13.8. The number of amides is 2. The molecule has 2 amide bonds. The van der Waals surface area contributed by atoms with Crippen molar-refractivity contribution in [3.8, 4) is 0 Å². The average Bonchev–Trinajstić information content (AvgIpc) is 3.20. The van der Waals surface area contributed by atoms with Crippen LogP contribution in [0, 0.1) is 5.92 Å². The van der Waals surface area contributed by atoms with Gasteiger partial charge in [-0.15, -0.1) is 0 Å². The van der Waals surface area contributed by atoms with Gasteiger partial charge in [-0.05, 0) is 12.0 Å². The maximum absolute atomic E-state index is 12.6. The number of rotatable bonds is 2. The Hall–Kier alpha value is -1.89. The van der Waals surface area contributed by atoms with E-state index in [1.807, 2.05) is 4.90 Å². The summed E-state index contributed by atoms with van der Waals surface area (Å²) in [5.41, 5.74) is -0.150. The summed E-state index contributed by atoms with van der Waals surface area (Å²) in [4.78, 5) is 28.8. The number of carbonyl (C=O) groups excluding carboxylic acids is 2. The van der Waals surface area contributed by atoms with Gasteiger partial charge in [0.25, 0.3) is 5.91 Å². The number of nitrogens with one attached hydrogen (secondary N) is 1. The van der Waals surface area contributed by atoms with Crippen molar-refractivity contribution in [3.63, 3.8) is 0 Å². The van der Waals surface area contributed by atoms with Crippen LogP contribution in [0.5, 0.6) is 0 Å². The number of aromatic nitrogens is 2. The minimum absolute atomic E-state index is 0.100. The first-order valence-electron chi connectivity index (χ1n) is 7.81. The van der Waals surface area contributed by atoms with Crippen LogP contribution in [-0.4, -0.2) is 62.8 Å². The van der Waals surface area contributed by atoms with Crippen molar-refractivity contribution in [3.05, 3.63) is 18.0 Å². The summed E-state index contributed by atoms with van der Waals surface area (Å²) >= 11 is 0. The Bertz CT molecular complexity index is 614. The first-order chi connectivity index (χ1) is 10.5. The van der Waals surface area contributed by atoms with Gasteiger partial charge < -0.3 is 14.5 Å². The fourth-order valence-corrected chi connectivity index (χ4v) is 4.14. The van der Waals surface area contributed by atoms with Crippen molar-refractivity contribution in [1.29, 1.82) is 0 Å². The van der Waals surface area contributed by atoms with Gasteiger partial charge in [0.15, 0.2) is 5.72 Å². The van der Waals surface area contributed by atoms with E-state index >= 15 is 0 Å². The maximum atomic E-state index is 12.6. The Morgan fingerprint density at radius 2 is 2.36 bits per heavy atom. The highest BCUT2D eigenvalue weighted by molar-refractivity contribution is 5.94. The highest BCUT2D eigenvalue weighted by Crippen LogP contribution is 2.49. The zero-order chi connectivity index (χ0) is 15.5. The van der Waals surface area contributed by atoms with Crippen LogP contribution in [0.3, 0.4) is 0 Å². The summed E-state index contributed by atoms with van der Waals surface area (Å²) in [5, 5.41) is 6.54. The molecule has 3 aliphatic rings. The van der Waals surface area contributed by atoms with Crippen molar-refractivity contribution in [1.82, 2.24) is 20.0 Å². The molecule has 4 heterocycles. The van der Waals surface area contributed by atoms with Gasteiger partial charge in [0.05, 0.1) is 25.1 Å². The number of nitrogens with zero attached hydrogens (tertiary/aromatic N) is 3. The Balaban J connectivity index is 1.65. The van der Waals surface area contributed by atoms with Crippen molar-refractivity contribution in [2.24, 2.45) is 5.92 Å². The Labute approximate surface area is 128 Å². The molecule has 3 atom stereocenters. The number of hydrogen-bond acceptors (Lipinski definition) is 4. The second kappa shape index (κ2) is 4.55. The van der Waals surface area contributed by atoms with E-state index in [-0.39, 0.29) is 23.9 Å². The zero-order valence-corrected chi connectivity index (χ0v) is 12.8. The molecule has 22 heavy (non-hydrogen) atoms. The largest absolute Gasteiger partial charge is 0.351 e. The van der Waals surface area contributed by atoms with Crippen molar-refractivity contribution >= 4 is 11.8 Å². The predicted octanol–water partition coefficient (Wildman–Crippen LogP) is 0.608. The third kappa shape index (κ3) is 1.63. The van der Waals surface area contributed by atoms with Gasteiger partial charge in [0.1, 0.15) is 5.69 Å². The molecule has 7 heteroatoms. The summed E-state index contributed by atoms with van der Waals surface area (Å²) in [5.74, 6) is 0.341. The molecule has 0 radical (unpaired) electrons. The van der Waals surface area contributed by atoms with Crippen molar-refractivity contribution < 1.29 is 14.3 Å². The molecule has 1 N–H and O–H groups in total. The van der Waals surface area contributed by atoms with E-state index in [1.165, 1.54) is 0 Å². The van der Waals surface area contributed by atoms with Crippen LogP contribution in [0.4, 0.5) is 0 Å². The van der Waals surface area contributed by atoms with Crippen LogP contribution in [0.15, 0.2) is 12.3 Å². The topological polar surface area (TPSA) is 78.5 Å². The lowest BCUT2D eigenvalue weighted by atomic mass is 10.0. The Morgan fingerprint density at radius 1 is 1.55 bits per heavy atom. The highest BCUT2D eigenvalue weighted by atomic mass is 16.5. The molecule has 3 saturated heterocycles. The van der Waals surface area contributed by atoms with Crippen molar-refractivity contribution in [2.45, 2.75) is 44.5 Å². The maximum Gasteiger partial charge on any atom is 0.272 e. The number of H-pyrrole nitrogens is 1. The molecule has 1 aromatic rings. The Kier molecular flexibility index (Phi) is 2.84. The van der Waals surface area contributed by atoms with Crippen LogP contribution < -0.4 is 0 Å². The molecule has 0 aromatic carbocycles. The van der Waals surface area contributed by atoms with Gasteiger partial charge in [0, 0.05) is 19.2 Å². The molecule has 3 fully saturated rings. The molecule has 1 spiro atoms. The Morgan fingerprint density at radius 3 is 3.05 bits per heavy atom. The van der Waals surface area contributed by atoms with Crippen LogP contribution in [0.25, 0.3) is 0 Å². The number of hydrogen-bond donors (Lipinski definition) is 1.